The van der Waals surface area contributed by atoms with E-state index in [1.165, 1.54) is 0 Å². The smallest absolute Gasteiger partial charge is 0.344 e. The summed E-state index contributed by atoms with van der Waals surface area (Å²) in [7, 11) is 3.11. The van der Waals surface area contributed by atoms with Gasteiger partial charge in [-0.1, -0.05) is 12.1 Å². The molecule has 0 aliphatic carbocycles. The molecule has 0 amide bonds. The topological polar surface area (TPSA) is 71.1 Å². The Balaban J connectivity index is 1.63. The van der Waals surface area contributed by atoms with E-state index in [0.717, 1.165) is 0 Å². The van der Waals surface area contributed by atoms with Gasteiger partial charge in [-0.05, 0) is 65.3 Å². The van der Waals surface area contributed by atoms with Crippen LogP contribution >= 0.6 is 15.9 Å². The maximum atomic E-state index is 12.9. The van der Waals surface area contributed by atoms with Crippen LogP contribution in [0.2, 0.25) is 0 Å². The Morgan fingerprint density at radius 2 is 1.78 bits per heavy atom. The van der Waals surface area contributed by atoms with Crippen LogP contribution in [-0.4, -0.2) is 26.0 Å². The third kappa shape index (κ3) is 3.99. The first kappa shape index (κ1) is 21.6. The first-order chi connectivity index (χ1) is 15.4. The number of esters is 1. The molecule has 1 aliphatic rings. The van der Waals surface area contributed by atoms with Crippen LogP contribution in [-0.2, 0) is 0 Å². The molecule has 0 atom stereocenters. The number of halogens is 1. The Kier molecular flexibility index (Phi) is 6.01. The third-order valence-corrected chi connectivity index (χ3v) is 5.75. The van der Waals surface area contributed by atoms with Gasteiger partial charge in [-0.25, -0.2) is 4.79 Å². The number of allylic oxidation sites excluding steroid dienone is 1. The zero-order valence-corrected chi connectivity index (χ0v) is 19.2. The number of hydrogen-bond acceptors (Lipinski definition) is 6. The SMILES string of the molecule is COc1ccc(/C=C2\Oc3c(ccc(OC(=O)c4ccccc4Br)c3C)C2=O)c(OC)c1. The maximum absolute atomic E-state index is 12.9. The van der Waals surface area contributed by atoms with Crippen molar-refractivity contribution in [3.8, 4) is 23.0 Å². The standard InChI is InChI=1S/C25H19BrO6/c1-14-20(32-25(28)17-6-4-5-7-19(17)26)11-10-18-23(27)22(31-24(14)18)12-15-8-9-16(29-2)13-21(15)30-3/h4-13H,1-3H3/b22-12-. The van der Waals surface area contributed by atoms with Gasteiger partial charge in [0.1, 0.15) is 23.0 Å². The van der Waals surface area contributed by atoms with Gasteiger partial charge >= 0.3 is 5.97 Å². The van der Waals surface area contributed by atoms with Crippen molar-refractivity contribution < 1.29 is 28.5 Å². The summed E-state index contributed by atoms with van der Waals surface area (Å²) in [4.78, 5) is 25.5. The van der Waals surface area contributed by atoms with Gasteiger partial charge in [-0.3, -0.25) is 4.79 Å². The van der Waals surface area contributed by atoms with Crippen LogP contribution in [0.3, 0.4) is 0 Å². The fourth-order valence-electron chi connectivity index (χ4n) is 3.34. The van der Waals surface area contributed by atoms with Gasteiger partial charge in [0.15, 0.2) is 5.76 Å². The predicted molar refractivity (Wildman–Crippen MR) is 123 cm³/mol. The van der Waals surface area contributed by atoms with Crippen molar-refractivity contribution in [1.29, 1.82) is 0 Å². The molecule has 1 aliphatic heterocycles. The fourth-order valence-corrected chi connectivity index (χ4v) is 3.79. The number of rotatable bonds is 5. The Morgan fingerprint density at radius 3 is 2.50 bits per heavy atom. The van der Waals surface area contributed by atoms with Crippen LogP contribution in [0.25, 0.3) is 6.08 Å². The normalized spacial score (nSPS) is 13.5. The van der Waals surface area contributed by atoms with Crippen molar-refractivity contribution in [1.82, 2.24) is 0 Å². The largest absolute Gasteiger partial charge is 0.497 e. The number of methoxy groups -OCH3 is 2. The average molecular weight is 495 g/mol. The van der Waals surface area contributed by atoms with E-state index < -0.39 is 5.97 Å². The minimum absolute atomic E-state index is 0.154. The number of ether oxygens (including phenoxy) is 4. The Hall–Kier alpha value is -3.58. The monoisotopic (exact) mass is 494 g/mol. The molecule has 0 aromatic heterocycles. The molecule has 0 N–H and O–H groups in total. The fraction of sp³-hybridized carbons (Fsp3) is 0.120. The summed E-state index contributed by atoms with van der Waals surface area (Å²) in [5.41, 5.74) is 2.03. The van der Waals surface area contributed by atoms with Gasteiger partial charge in [0, 0.05) is 21.7 Å². The molecule has 0 saturated heterocycles. The van der Waals surface area contributed by atoms with Crippen LogP contribution < -0.4 is 18.9 Å². The van der Waals surface area contributed by atoms with E-state index >= 15 is 0 Å². The second-order valence-corrected chi connectivity index (χ2v) is 7.84. The van der Waals surface area contributed by atoms with Gasteiger partial charge < -0.3 is 18.9 Å². The molecule has 7 heteroatoms. The van der Waals surface area contributed by atoms with Crippen molar-refractivity contribution in [3.63, 3.8) is 0 Å². The molecule has 0 bridgehead atoms. The zero-order valence-electron chi connectivity index (χ0n) is 17.6. The van der Waals surface area contributed by atoms with Crippen molar-refractivity contribution >= 4 is 33.8 Å². The van der Waals surface area contributed by atoms with Crippen molar-refractivity contribution in [3.05, 3.63) is 87.1 Å². The Bertz CT molecular complexity index is 1260. The molecular weight excluding hydrogens is 476 g/mol. The molecule has 0 saturated carbocycles. The van der Waals surface area contributed by atoms with Crippen LogP contribution in [0.4, 0.5) is 0 Å². The van der Waals surface area contributed by atoms with Gasteiger partial charge in [0.2, 0.25) is 5.78 Å². The molecule has 3 aromatic rings. The third-order valence-electron chi connectivity index (χ3n) is 5.06. The molecule has 4 rings (SSSR count). The van der Waals surface area contributed by atoms with Gasteiger partial charge in [0.25, 0.3) is 0 Å². The van der Waals surface area contributed by atoms with E-state index in [1.54, 1.807) is 75.8 Å². The molecule has 162 valence electrons. The van der Waals surface area contributed by atoms with Crippen molar-refractivity contribution in [2.24, 2.45) is 0 Å². The summed E-state index contributed by atoms with van der Waals surface area (Å²) in [5.74, 6) is 1.25. The van der Waals surface area contributed by atoms with Crippen molar-refractivity contribution in [2.45, 2.75) is 6.92 Å². The predicted octanol–water partition coefficient (Wildman–Crippen LogP) is 5.61. The quantitative estimate of drug-likeness (QED) is 0.260. The number of carbonyl (C=O) groups excluding carboxylic acids is 2. The highest BCUT2D eigenvalue weighted by atomic mass is 79.9. The van der Waals surface area contributed by atoms with E-state index in [9.17, 15) is 9.59 Å². The van der Waals surface area contributed by atoms with Gasteiger partial charge in [-0.2, -0.15) is 0 Å². The molecule has 0 fully saturated rings. The minimum atomic E-state index is -0.511. The molecule has 0 spiro atoms. The number of carbonyl (C=O) groups is 2. The second kappa shape index (κ2) is 8.88. The highest BCUT2D eigenvalue weighted by Gasteiger charge is 2.31. The number of benzene rings is 3. The highest BCUT2D eigenvalue weighted by Crippen LogP contribution is 2.40. The molecule has 1 heterocycles. The summed E-state index contributed by atoms with van der Waals surface area (Å²) in [6.45, 7) is 1.74. The molecule has 0 radical (unpaired) electrons. The lowest BCUT2D eigenvalue weighted by Gasteiger charge is -2.11. The summed E-state index contributed by atoms with van der Waals surface area (Å²) < 4.78 is 22.7. The number of ketones is 1. The van der Waals surface area contributed by atoms with Crippen molar-refractivity contribution in [2.75, 3.05) is 14.2 Å². The van der Waals surface area contributed by atoms with E-state index in [0.29, 0.717) is 49.7 Å². The Morgan fingerprint density at radius 1 is 1.00 bits per heavy atom. The second-order valence-electron chi connectivity index (χ2n) is 6.98. The summed E-state index contributed by atoms with van der Waals surface area (Å²) >= 11 is 3.35. The average Bonchev–Trinajstić information content (AvgIpc) is 3.12. The number of fused-ring (bicyclic) bond motifs is 1. The lowest BCUT2D eigenvalue weighted by atomic mass is 10.1. The lowest BCUT2D eigenvalue weighted by molar-refractivity contribution is 0.0732. The van der Waals surface area contributed by atoms with Crippen LogP contribution in [0.15, 0.2) is 64.8 Å². The van der Waals surface area contributed by atoms with Crippen LogP contribution in [0.1, 0.15) is 31.8 Å². The molecule has 0 unspecified atom stereocenters. The van der Waals surface area contributed by atoms with Gasteiger partial charge in [0.05, 0.1) is 25.3 Å². The Labute approximate surface area is 193 Å². The van der Waals surface area contributed by atoms with E-state index in [1.807, 2.05) is 6.07 Å². The summed E-state index contributed by atoms with van der Waals surface area (Å²) in [6, 6.07) is 15.5. The van der Waals surface area contributed by atoms with E-state index in [2.05, 4.69) is 15.9 Å². The summed E-state index contributed by atoms with van der Waals surface area (Å²) in [6.07, 6.45) is 1.62. The maximum Gasteiger partial charge on any atom is 0.344 e. The molecule has 32 heavy (non-hydrogen) atoms. The first-order valence-corrected chi connectivity index (χ1v) is 10.5. The van der Waals surface area contributed by atoms with Crippen LogP contribution in [0, 0.1) is 6.92 Å². The lowest BCUT2D eigenvalue weighted by Crippen LogP contribution is -2.10. The minimum Gasteiger partial charge on any atom is -0.497 e. The van der Waals surface area contributed by atoms with E-state index in [4.69, 9.17) is 18.9 Å². The van der Waals surface area contributed by atoms with Crippen LogP contribution in [0.5, 0.6) is 23.0 Å². The number of hydrogen-bond donors (Lipinski definition) is 0. The molecule has 3 aromatic carbocycles. The highest BCUT2D eigenvalue weighted by molar-refractivity contribution is 9.10. The molecular formula is C25H19BrO6. The van der Waals surface area contributed by atoms with Gasteiger partial charge in [-0.15, -0.1) is 0 Å². The summed E-state index contributed by atoms with van der Waals surface area (Å²) in [5, 5.41) is 0. The zero-order chi connectivity index (χ0) is 22.8. The molecule has 6 nitrogen and oxygen atoms in total. The van der Waals surface area contributed by atoms with E-state index in [-0.39, 0.29) is 11.5 Å². The first-order valence-electron chi connectivity index (χ1n) is 9.69. The number of Topliss-reactive ketones (excluding diaryl/α,β-unsaturated/α-hetero) is 1.